The summed E-state index contributed by atoms with van der Waals surface area (Å²) in [5.74, 6) is 0.118. The maximum Gasteiger partial charge on any atom is 0.237 e. The lowest BCUT2D eigenvalue weighted by Crippen LogP contribution is -2.47. The molecule has 0 bridgehead atoms. The van der Waals surface area contributed by atoms with Crippen LogP contribution < -0.4 is 10.6 Å². The Labute approximate surface area is 141 Å². The first-order chi connectivity index (χ1) is 10.2. The summed E-state index contributed by atoms with van der Waals surface area (Å²) in [6.45, 7) is 1.59. The van der Waals surface area contributed by atoms with Crippen LogP contribution in [0.5, 0.6) is 0 Å². The molecule has 1 saturated heterocycles. The number of carbonyl (C=O) groups is 1. The van der Waals surface area contributed by atoms with Gasteiger partial charge in [-0.25, -0.2) is 0 Å². The Morgan fingerprint density at radius 2 is 2.23 bits per heavy atom. The number of hydrogen-bond acceptors (Lipinski definition) is 2. The molecule has 1 aromatic carbocycles. The molecule has 2 heterocycles. The van der Waals surface area contributed by atoms with E-state index in [0.29, 0.717) is 6.54 Å². The van der Waals surface area contributed by atoms with Gasteiger partial charge in [-0.3, -0.25) is 4.79 Å². The van der Waals surface area contributed by atoms with Crippen LogP contribution in [0.1, 0.15) is 24.8 Å². The van der Waals surface area contributed by atoms with E-state index in [1.54, 1.807) is 0 Å². The van der Waals surface area contributed by atoms with Crippen LogP contribution >= 0.6 is 24.0 Å². The molecular weight excluding hydrogens is 321 g/mol. The van der Waals surface area contributed by atoms with Crippen molar-refractivity contribution in [3.8, 4) is 0 Å². The molecule has 1 unspecified atom stereocenters. The summed E-state index contributed by atoms with van der Waals surface area (Å²) in [7, 11) is 0. The van der Waals surface area contributed by atoms with Crippen LogP contribution in [0.25, 0.3) is 10.9 Å². The quantitative estimate of drug-likeness (QED) is 0.800. The maximum absolute atomic E-state index is 12.0. The van der Waals surface area contributed by atoms with Gasteiger partial charge in [-0.05, 0) is 49.6 Å². The van der Waals surface area contributed by atoms with E-state index in [2.05, 4.69) is 15.6 Å². The zero-order valence-electron chi connectivity index (χ0n) is 12.3. The van der Waals surface area contributed by atoms with Crippen LogP contribution in [0, 0.1) is 0 Å². The Morgan fingerprint density at radius 3 is 3.00 bits per heavy atom. The largest absolute Gasteiger partial charge is 0.361 e. The van der Waals surface area contributed by atoms with Crippen molar-refractivity contribution < 1.29 is 4.79 Å². The van der Waals surface area contributed by atoms with E-state index in [1.807, 2.05) is 24.4 Å². The fraction of sp³-hybridized carbons (Fsp3) is 0.438. The standard InChI is InChI=1S/C16H20ClN3O.ClH/c17-12-4-5-14-13(9-12)11(10-20-14)6-8-19-16(21)15-3-1-2-7-18-15;/h4-5,9-10,15,18,20H,1-3,6-8H2,(H,19,21);1H. The molecule has 4 nitrogen and oxygen atoms in total. The highest BCUT2D eigenvalue weighted by Gasteiger charge is 2.19. The molecule has 2 aromatic rings. The van der Waals surface area contributed by atoms with Crippen molar-refractivity contribution in [3.05, 3.63) is 35.0 Å². The first-order valence-corrected chi connectivity index (χ1v) is 7.88. The highest BCUT2D eigenvalue weighted by Crippen LogP contribution is 2.22. The fourth-order valence-corrected chi connectivity index (χ4v) is 3.05. The van der Waals surface area contributed by atoms with Crippen molar-refractivity contribution in [2.75, 3.05) is 13.1 Å². The van der Waals surface area contributed by atoms with Crippen LogP contribution in [0.3, 0.4) is 0 Å². The Balaban J connectivity index is 0.00000176. The molecule has 0 radical (unpaired) electrons. The van der Waals surface area contributed by atoms with Crippen molar-refractivity contribution in [3.63, 3.8) is 0 Å². The van der Waals surface area contributed by atoms with Gasteiger partial charge in [0.05, 0.1) is 6.04 Å². The molecule has 1 aliphatic rings. The van der Waals surface area contributed by atoms with Gasteiger partial charge in [-0.1, -0.05) is 18.0 Å². The molecule has 6 heteroatoms. The second-order valence-electron chi connectivity index (χ2n) is 5.55. The summed E-state index contributed by atoms with van der Waals surface area (Å²) in [4.78, 5) is 15.3. The number of benzene rings is 1. The van der Waals surface area contributed by atoms with E-state index < -0.39 is 0 Å². The average Bonchev–Trinajstić information content (AvgIpc) is 2.90. The molecule has 0 aliphatic carbocycles. The molecular formula is C16H21Cl2N3O. The van der Waals surface area contributed by atoms with Crippen LogP contribution in [0.15, 0.2) is 24.4 Å². The topological polar surface area (TPSA) is 56.9 Å². The minimum absolute atomic E-state index is 0. The number of piperidine rings is 1. The molecule has 1 aliphatic heterocycles. The summed E-state index contributed by atoms with van der Waals surface area (Å²) in [6.07, 6.45) is 6.03. The Bertz CT molecular complexity index is 635. The van der Waals surface area contributed by atoms with Gasteiger partial charge in [0, 0.05) is 28.7 Å². The lowest BCUT2D eigenvalue weighted by molar-refractivity contribution is -0.123. The van der Waals surface area contributed by atoms with Crippen LogP contribution in [-0.2, 0) is 11.2 Å². The zero-order chi connectivity index (χ0) is 14.7. The van der Waals surface area contributed by atoms with Crippen LogP contribution in [-0.4, -0.2) is 30.0 Å². The van der Waals surface area contributed by atoms with Gasteiger partial charge in [-0.15, -0.1) is 12.4 Å². The number of aromatic amines is 1. The summed E-state index contributed by atoms with van der Waals surface area (Å²) in [5.41, 5.74) is 2.26. The molecule has 1 fully saturated rings. The third-order valence-electron chi connectivity index (χ3n) is 4.05. The first kappa shape index (κ1) is 17.1. The normalized spacial score (nSPS) is 18.0. The summed E-state index contributed by atoms with van der Waals surface area (Å²) < 4.78 is 0. The average molecular weight is 342 g/mol. The third-order valence-corrected chi connectivity index (χ3v) is 4.28. The van der Waals surface area contributed by atoms with E-state index in [9.17, 15) is 4.79 Å². The predicted octanol–water partition coefficient (Wildman–Crippen LogP) is 3.04. The van der Waals surface area contributed by atoms with Crippen molar-refractivity contribution in [2.45, 2.75) is 31.7 Å². The van der Waals surface area contributed by atoms with E-state index in [-0.39, 0.29) is 24.4 Å². The number of amides is 1. The molecule has 1 atom stereocenters. The molecule has 120 valence electrons. The van der Waals surface area contributed by atoms with Gasteiger partial charge >= 0.3 is 0 Å². The molecule has 1 aromatic heterocycles. The molecule has 0 spiro atoms. The number of hydrogen-bond donors (Lipinski definition) is 3. The Morgan fingerprint density at radius 1 is 1.36 bits per heavy atom. The number of H-pyrrole nitrogens is 1. The van der Waals surface area contributed by atoms with E-state index in [1.165, 1.54) is 12.0 Å². The number of fused-ring (bicyclic) bond motifs is 1. The predicted molar refractivity (Wildman–Crippen MR) is 92.9 cm³/mol. The molecule has 3 rings (SSSR count). The third kappa shape index (κ3) is 3.94. The summed E-state index contributed by atoms with van der Waals surface area (Å²) >= 11 is 6.04. The summed E-state index contributed by atoms with van der Waals surface area (Å²) in [5, 5.41) is 8.15. The lowest BCUT2D eigenvalue weighted by atomic mass is 10.0. The van der Waals surface area contributed by atoms with E-state index in [4.69, 9.17) is 11.6 Å². The number of carbonyl (C=O) groups excluding carboxylic acids is 1. The van der Waals surface area contributed by atoms with E-state index >= 15 is 0 Å². The SMILES string of the molecule is Cl.O=C(NCCc1c[nH]c2ccc(Cl)cc12)C1CCCCN1. The Hall–Kier alpha value is -1.23. The minimum atomic E-state index is -0.0174. The van der Waals surface area contributed by atoms with Gasteiger partial charge in [-0.2, -0.15) is 0 Å². The van der Waals surface area contributed by atoms with Crippen molar-refractivity contribution in [1.29, 1.82) is 0 Å². The summed E-state index contributed by atoms with van der Waals surface area (Å²) in [6, 6.07) is 5.80. The number of nitrogens with one attached hydrogen (secondary N) is 3. The van der Waals surface area contributed by atoms with Gasteiger partial charge in [0.25, 0.3) is 0 Å². The van der Waals surface area contributed by atoms with Gasteiger partial charge < -0.3 is 15.6 Å². The highest BCUT2D eigenvalue weighted by molar-refractivity contribution is 6.31. The van der Waals surface area contributed by atoms with Crippen molar-refractivity contribution in [2.24, 2.45) is 0 Å². The fourth-order valence-electron chi connectivity index (χ4n) is 2.88. The van der Waals surface area contributed by atoms with Crippen molar-refractivity contribution in [1.82, 2.24) is 15.6 Å². The van der Waals surface area contributed by atoms with E-state index in [0.717, 1.165) is 41.7 Å². The van der Waals surface area contributed by atoms with Crippen LogP contribution in [0.4, 0.5) is 0 Å². The highest BCUT2D eigenvalue weighted by atomic mass is 35.5. The molecule has 3 N–H and O–H groups in total. The maximum atomic E-state index is 12.0. The first-order valence-electron chi connectivity index (χ1n) is 7.50. The number of aromatic nitrogens is 1. The van der Waals surface area contributed by atoms with Crippen molar-refractivity contribution >= 4 is 40.8 Å². The smallest absolute Gasteiger partial charge is 0.237 e. The number of rotatable bonds is 4. The van der Waals surface area contributed by atoms with Gasteiger partial charge in [0.2, 0.25) is 5.91 Å². The molecule has 22 heavy (non-hydrogen) atoms. The van der Waals surface area contributed by atoms with Gasteiger partial charge in [0.15, 0.2) is 0 Å². The zero-order valence-corrected chi connectivity index (χ0v) is 13.9. The molecule has 0 saturated carbocycles. The second kappa shape index (κ2) is 7.86. The Kier molecular flexibility index (Phi) is 6.12. The van der Waals surface area contributed by atoms with Gasteiger partial charge in [0.1, 0.15) is 0 Å². The number of halogens is 2. The molecule has 1 amide bonds. The van der Waals surface area contributed by atoms with Crippen LogP contribution in [0.2, 0.25) is 5.02 Å². The lowest BCUT2D eigenvalue weighted by Gasteiger charge is -2.22. The monoisotopic (exact) mass is 341 g/mol. The minimum Gasteiger partial charge on any atom is -0.361 e. The second-order valence-corrected chi connectivity index (χ2v) is 5.98.